The van der Waals surface area contributed by atoms with Gasteiger partial charge in [-0.05, 0) is 91.8 Å². The van der Waals surface area contributed by atoms with Gasteiger partial charge in [-0.1, -0.05) is 32.8 Å². The summed E-state index contributed by atoms with van der Waals surface area (Å²) in [5, 5.41) is 8.92. The summed E-state index contributed by atoms with van der Waals surface area (Å²) in [7, 11) is 0. The Bertz CT molecular complexity index is 529. The summed E-state index contributed by atoms with van der Waals surface area (Å²) in [6.07, 6.45) is 18.6. The van der Waals surface area contributed by atoms with Crippen molar-refractivity contribution >= 4 is 0 Å². The Balaban J connectivity index is 1.60. The Labute approximate surface area is 142 Å². The molecule has 4 fully saturated rings. The van der Waals surface area contributed by atoms with Crippen molar-refractivity contribution in [3.63, 3.8) is 0 Å². The first-order valence-corrected chi connectivity index (χ1v) is 10.2. The third-order valence-electron chi connectivity index (χ3n) is 9.06. The molecule has 4 aliphatic carbocycles. The molecule has 0 radical (unpaired) electrons. The number of hydrogen-bond donors (Lipinski definition) is 0. The third kappa shape index (κ3) is 2.24. The van der Waals surface area contributed by atoms with E-state index in [1.165, 1.54) is 64.2 Å². The number of nitriles is 1. The molecule has 0 aliphatic heterocycles. The molecule has 4 aliphatic rings. The fourth-order valence-electron chi connectivity index (χ4n) is 7.81. The average Bonchev–Trinajstić information content (AvgIpc) is 2.89. The molecule has 0 saturated heterocycles. The van der Waals surface area contributed by atoms with Crippen molar-refractivity contribution in [2.24, 2.45) is 40.4 Å². The topological polar surface area (TPSA) is 23.8 Å². The summed E-state index contributed by atoms with van der Waals surface area (Å²) in [6.45, 7) is 5.22. The minimum absolute atomic E-state index is 0.479. The van der Waals surface area contributed by atoms with Gasteiger partial charge in [-0.3, -0.25) is 0 Å². The average molecular weight is 312 g/mol. The van der Waals surface area contributed by atoms with Crippen molar-refractivity contribution in [1.82, 2.24) is 0 Å². The van der Waals surface area contributed by atoms with Gasteiger partial charge in [-0.2, -0.15) is 5.26 Å². The van der Waals surface area contributed by atoms with Gasteiger partial charge in [0.05, 0.1) is 6.07 Å². The second kappa shape index (κ2) is 5.65. The highest BCUT2D eigenvalue weighted by Gasteiger charge is 2.59. The molecule has 1 unspecified atom stereocenters. The summed E-state index contributed by atoms with van der Waals surface area (Å²) in [5.41, 5.74) is 1.13. The zero-order valence-electron chi connectivity index (χ0n) is 15.1. The van der Waals surface area contributed by atoms with E-state index in [9.17, 15) is 0 Å². The van der Waals surface area contributed by atoms with E-state index in [2.05, 4.69) is 26.0 Å². The van der Waals surface area contributed by atoms with E-state index in [0.29, 0.717) is 16.7 Å². The van der Waals surface area contributed by atoms with E-state index in [-0.39, 0.29) is 0 Å². The van der Waals surface area contributed by atoms with Gasteiger partial charge in [0, 0.05) is 6.08 Å². The molecule has 23 heavy (non-hydrogen) atoms. The zero-order chi connectivity index (χ0) is 16.1. The first kappa shape index (κ1) is 15.7. The van der Waals surface area contributed by atoms with Crippen LogP contribution in [-0.4, -0.2) is 0 Å². The Kier molecular flexibility index (Phi) is 3.86. The summed E-state index contributed by atoms with van der Waals surface area (Å²) >= 11 is 0. The fourth-order valence-corrected chi connectivity index (χ4v) is 7.81. The van der Waals surface area contributed by atoms with Crippen molar-refractivity contribution in [2.45, 2.75) is 78.1 Å². The molecule has 7 atom stereocenters. The first-order valence-electron chi connectivity index (χ1n) is 10.2. The molecule has 0 aromatic rings. The second-order valence-electron chi connectivity index (χ2n) is 9.62. The van der Waals surface area contributed by atoms with E-state index >= 15 is 0 Å². The van der Waals surface area contributed by atoms with Crippen molar-refractivity contribution in [3.8, 4) is 6.07 Å². The van der Waals surface area contributed by atoms with Gasteiger partial charge in [0.2, 0.25) is 0 Å². The van der Waals surface area contributed by atoms with Gasteiger partial charge in [0.15, 0.2) is 0 Å². The van der Waals surface area contributed by atoms with Gasteiger partial charge in [0.1, 0.15) is 0 Å². The predicted molar refractivity (Wildman–Crippen MR) is 94.6 cm³/mol. The van der Waals surface area contributed by atoms with Gasteiger partial charge in [-0.15, -0.1) is 0 Å². The maximum absolute atomic E-state index is 8.92. The largest absolute Gasteiger partial charge is 0.193 e. The summed E-state index contributed by atoms with van der Waals surface area (Å²) in [6, 6.07) is 2.23. The molecular weight excluding hydrogens is 278 g/mol. The highest BCUT2D eigenvalue weighted by atomic mass is 14.6. The fraction of sp³-hybridized carbons (Fsp3) is 0.864. The molecule has 0 N–H and O–H groups in total. The molecule has 4 rings (SSSR count). The zero-order valence-corrected chi connectivity index (χ0v) is 15.1. The lowest BCUT2D eigenvalue weighted by Crippen LogP contribution is -2.52. The summed E-state index contributed by atoms with van der Waals surface area (Å²) in [4.78, 5) is 0. The van der Waals surface area contributed by atoms with Crippen LogP contribution >= 0.6 is 0 Å². The van der Waals surface area contributed by atoms with Crippen LogP contribution < -0.4 is 0 Å². The van der Waals surface area contributed by atoms with Crippen LogP contribution in [0.25, 0.3) is 0 Å². The minimum Gasteiger partial charge on any atom is -0.193 e. The molecular formula is C22H33N. The maximum atomic E-state index is 8.92. The van der Waals surface area contributed by atoms with Crippen molar-refractivity contribution in [2.75, 3.05) is 0 Å². The molecule has 0 aromatic heterocycles. The lowest BCUT2D eigenvalue weighted by atomic mass is 9.45. The molecule has 0 heterocycles. The van der Waals surface area contributed by atoms with Crippen LogP contribution in [0.4, 0.5) is 0 Å². The minimum atomic E-state index is 0.479. The lowest BCUT2D eigenvalue weighted by molar-refractivity contribution is -0.107. The van der Waals surface area contributed by atoms with E-state index < -0.39 is 0 Å². The number of hydrogen-bond acceptors (Lipinski definition) is 1. The van der Waals surface area contributed by atoms with E-state index in [1.54, 1.807) is 6.08 Å². The predicted octanol–water partition coefficient (Wildman–Crippen LogP) is 6.12. The van der Waals surface area contributed by atoms with Crippen molar-refractivity contribution in [3.05, 3.63) is 12.2 Å². The monoisotopic (exact) mass is 311 g/mol. The highest BCUT2D eigenvalue weighted by Crippen LogP contribution is 2.67. The van der Waals surface area contributed by atoms with Gasteiger partial charge >= 0.3 is 0 Å². The quantitative estimate of drug-likeness (QED) is 0.535. The summed E-state index contributed by atoms with van der Waals surface area (Å²) < 4.78 is 0. The number of nitrogens with zero attached hydrogens (tertiary/aromatic N) is 1. The first-order chi connectivity index (χ1) is 11.1. The van der Waals surface area contributed by atoms with Gasteiger partial charge in [-0.25, -0.2) is 0 Å². The number of fused-ring (bicyclic) bond motifs is 5. The van der Waals surface area contributed by atoms with Crippen molar-refractivity contribution < 1.29 is 0 Å². The standard InChI is InChI=1S/C22H33N/c1-21-13-4-3-6-16(21)8-10-18-19-11-9-17(7-5-15-23)22(19,2)14-12-20(18)21/h5,7,16-20H,3-4,6,8-14H2,1-2H3/t16?,17-,18-,19-,20-,21-,22+/m0/s1. The smallest absolute Gasteiger partial charge is 0.0908 e. The third-order valence-corrected chi connectivity index (χ3v) is 9.06. The Hall–Kier alpha value is -0.770. The van der Waals surface area contributed by atoms with Crippen LogP contribution in [0.15, 0.2) is 12.2 Å². The molecule has 0 amide bonds. The Morgan fingerprint density at radius 3 is 2.52 bits per heavy atom. The van der Waals surface area contributed by atoms with Gasteiger partial charge in [0.25, 0.3) is 0 Å². The number of rotatable bonds is 1. The highest BCUT2D eigenvalue weighted by molar-refractivity contribution is 5.14. The molecule has 0 bridgehead atoms. The Morgan fingerprint density at radius 2 is 1.70 bits per heavy atom. The molecule has 0 spiro atoms. The number of allylic oxidation sites excluding steroid dienone is 2. The lowest BCUT2D eigenvalue weighted by Gasteiger charge is -2.60. The van der Waals surface area contributed by atoms with Crippen LogP contribution in [0.1, 0.15) is 78.1 Å². The molecule has 0 aromatic carbocycles. The van der Waals surface area contributed by atoms with E-state index in [0.717, 1.165) is 23.7 Å². The Morgan fingerprint density at radius 1 is 0.870 bits per heavy atom. The molecule has 1 nitrogen and oxygen atoms in total. The SMILES string of the molecule is C[C@]12CC[C@H]3[C@@H](CCC4CCCC[C@@]43C)[C@@H]1CC[C@@H]2C=CC#N. The maximum Gasteiger partial charge on any atom is 0.0908 e. The second-order valence-corrected chi connectivity index (χ2v) is 9.62. The van der Waals surface area contributed by atoms with Crippen molar-refractivity contribution in [1.29, 1.82) is 5.26 Å². The molecule has 1 heteroatoms. The van der Waals surface area contributed by atoms with Crippen LogP contribution in [0.3, 0.4) is 0 Å². The van der Waals surface area contributed by atoms with Crippen LogP contribution in [0, 0.1) is 51.8 Å². The molecule has 4 saturated carbocycles. The van der Waals surface area contributed by atoms with E-state index in [1.807, 2.05) is 0 Å². The van der Waals surface area contributed by atoms with Crippen LogP contribution in [0.2, 0.25) is 0 Å². The van der Waals surface area contributed by atoms with Crippen LogP contribution in [-0.2, 0) is 0 Å². The molecule has 126 valence electrons. The summed E-state index contributed by atoms with van der Waals surface area (Å²) in [5.74, 6) is 4.59. The normalized spacial score (nSPS) is 52.5. The van der Waals surface area contributed by atoms with Gasteiger partial charge < -0.3 is 0 Å². The van der Waals surface area contributed by atoms with E-state index in [4.69, 9.17) is 5.26 Å². The van der Waals surface area contributed by atoms with Crippen LogP contribution in [0.5, 0.6) is 0 Å².